The summed E-state index contributed by atoms with van der Waals surface area (Å²) in [5, 5.41) is 12.8. The molecule has 6 nitrogen and oxygen atoms in total. The smallest absolute Gasteiger partial charge is 0.393 e. The molecular weight excluding hydrogens is 454 g/mol. The van der Waals surface area contributed by atoms with E-state index in [4.69, 9.17) is 5.73 Å². The number of hydrogen-bond acceptors (Lipinski definition) is 4. The van der Waals surface area contributed by atoms with Gasteiger partial charge in [0.2, 0.25) is 0 Å². The highest BCUT2D eigenvalue weighted by atomic mass is 19.4. The van der Waals surface area contributed by atoms with Gasteiger partial charge in [-0.05, 0) is 49.7 Å². The molecule has 0 radical (unpaired) electrons. The van der Waals surface area contributed by atoms with Crippen LogP contribution in [0.15, 0.2) is 18.3 Å². The molecule has 4 rings (SSSR count). The Hall–Kier alpha value is -2.88. The number of carbonyl (C=O) groups is 2. The number of nitrogens with one attached hydrogen (secondary N) is 1. The normalized spacial score (nSPS) is 22.4. The SMILES string of the molecule is CC1(C)CC(=O)c2c(C(F)(F)F)cn(-c3cc(F)c(C(N)=O)c(NC4CCC(O)CC4)c3)c2C1. The molecule has 4 N–H and O–H groups in total. The van der Waals surface area contributed by atoms with Crippen LogP contribution < -0.4 is 11.1 Å². The molecule has 0 unspecified atom stereocenters. The van der Waals surface area contributed by atoms with Crippen LogP contribution in [0.4, 0.5) is 23.2 Å². The second kappa shape index (κ2) is 8.41. The number of carbonyl (C=O) groups excluding carboxylic acids is 2. The van der Waals surface area contributed by atoms with E-state index in [1.165, 1.54) is 10.6 Å². The highest BCUT2D eigenvalue weighted by Crippen LogP contribution is 2.43. The number of halogens is 4. The third-order valence-electron chi connectivity index (χ3n) is 6.63. The molecule has 0 aliphatic heterocycles. The fraction of sp³-hybridized carbons (Fsp3) is 0.500. The maximum Gasteiger partial charge on any atom is 0.418 e. The zero-order valence-corrected chi connectivity index (χ0v) is 18.9. The van der Waals surface area contributed by atoms with Crippen LogP contribution in [0.3, 0.4) is 0 Å². The van der Waals surface area contributed by atoms with Crippen molar-refractivity contribution in [1.82, 2.24) is 4.57 Å². The summed E-state index contributed by atoms with van der Waals surface area (Å²) in [4.78, 5) is 24.7. The summed E-state index contributed by atoms with van der Waals surface area (Å²) in [5.41, 5.74) is 3.28. The summed E-state index contributed by atoms with van der Waals surface area (Å²) in [5.74, 6) is -2.59. The second-order valence-corrected chi connectivity index (χ2v) is 10.0. The summed E-state index contributed by atoms with van der Waals surface area (Å²) in [6.45, 7) is 3.58. The molecule has 2 aliphatic carbocycles. The highest BCUT2D eigenvalue weighted by molar-refractivity contribution is 6.01. The number of alkyl halides is 3. The van der Waals surface area contributed by atoms with E-state index in [-0.39, 0.29) is 47.1 Å². The molecule has 1 saturated carbocycles. The minimum absolute atomic E-state index is 0.0254. The molecule has 184 valence electrons. The largest absolute Gasteiger partial charge is 0.418 e. The van der Waals surface area contributed by atoms with Crippen molar-refractivity contribution >= 4 is 17.4 Å². The van der Waals surface area contributed by atoms with Crippen molar-refractivity contribution in [2.45, 2.75) is 70.7 Å². The van der Waals surface area contributed by atoms with Crippen molar-refractivity contribution < 1.29 is 32.3 Å². The Morgan fingerprint density at radius 1 is 1.18 bits per heavy atom. The van der Waals surface area contributed by atoms with Gasteiger partial charge in [0.05, 0.1) is 34.2 Å². The van der Waals surface area contributed by atoms with Crippen LogP contribution in [0.5, 0.6) is 0 Å². The van der Waals surface area contributed by atoms with E-state index >= 15 is 4.39 Å². The fourth-order valence-corrected chi connectivity index (χ4v) is 5.05. The van der Waals surface area contributed by atoms with E-state index in [0.29, 0.717) is 25.7 Å². The monoisotopic (exact) mass is 481 g/mol. The lowest BCUT2D eigenvalue weighted by Crippen LogP contribution is -2.30. The molecule has 0 saturated heterocycles. The molecule has 1 fully saturated rings. The summed E-state index contributed by atoms with van der Waals surface area (Å²) < 4.78 is 57.7. The van der Waals surface area contributed by atoms with Crippen molar-refractivity contribution in [2.24, 2.45) is 11.1 Å². The van der Waals surface area contributed by atoms with Crippen LogP contribution in [-0.4, -0.2) is 33.5 Å². The lowest BCUT2D eigenvalue weighted by Gasteiger charge is -2.30. The van der Waals surface area contributed by atoms with Crippen molar-refractivity contribution in [2.75, 3.05) is 5.32 Å². The van der Waals surface area contributed by atoms with Gasteiger partial charge in [-0.3, -0.25) is 9.59 Å². The number of anilines is 1. The van der Waals surface area contributed by atoms with Crippen LogP contribution >= 0.6 is 0 Å². The third-order valence-corrected chi connectivity index (χ3v) is 6.63. The standard InChI is InChI=1S/C24H27F4N3O3/c1-23(2)9-18-20(19(33)10-23)15(24(26,27)28)11-31(18)13-7-16(25)21(22(29)34)17(8-13)30-12-3-5-14(32)6-4-12/h7-8,11-12,14,30,32H,3-6,9-10H2,1-2H3,(H2,29,34). The maximum atomic E-state index is 15.1. The van der Waals surface area contributed by atoms with Crippen molar-refractivity contribution in [3.05, 3.63) is 46.5 Å². The number of benzene rings is 1. The average molecular weight is 481 g/mol. The Balaban J connectivity index is 1.86. The van der Waals surface area contributed by atoms with Gasteiger partial charge in [0.1, 0.15) is 5.82 Å². The first-order valence-electron chi connectivity index (χ1n) is 11.2. The predicted molar refractivity (Wildman–Crippen MR) is 118 cm³/mol. The number of aromatic nitrogens is 1. The van der Waals surface area contributed by atoms with Gasteiger partial charge in [0.25, 0.3) is 5.91 Å². The molecule has 0 spiro atoms. The summed E-state index contributed by atoms with van der Waals surface area (Å²) >= 11 is 0. The molecule has 0 atom stereocenters. The van der Waals surface area contributed by atoms with Crippen LogP contribution in [0.2, 0.25) is 0 Å². The van der Waals surface area contributed by atoms with E-state index in [0.717, 1.165) is 12.3 Å². The quantitative estimate of drug-likeness (QED) is 0.556. The Morgan fingerprint density at radius 2 is 1.82 bits per heavy atom. The Labute approximate surface area is 194 Å². The Bertz CT molecular complexity index is 1150. The first kappa shape index (κ1) is 24.3. The summed E-state index contributed by atoms with van der Waals surface area (Å²) in [7, 11) is 0. The molecule has 2 aliphatic rings. The number of ketones is 1. The Kier molecular flexibility index (Phi) is 6.00. The van der Waals surface area contributed by atoms with E-state index in [2.05, 4.69) is 5.32 Å². The molecule has 1 amide bonds. The number of hydrogen-bond donors (Lipinski definition) is 3. The van der Waals surface area contributed by atoms with Gasteiger partial charge in [-0.15, -0.1) is 0 Å². The molecule has 0 bridgehead atoms. The van der Waals surface area contributed by atoms with Gasteiger partial charge in [-0.1, -0.05) is 13.8 Å². The van der Waals surface area contributed by atoms with Gasteiger partial charge < -0.3 is 20.7 Å². The third kappa shape index (κ3) is 4.55. The molecule has 10 heteroatoms. The van der Waals surface area contributed by atoms with E-state index in [9.17, 15) is 27.9 Å². The van der Waals surface area contributed by atoms with Gasteiger partial charge in [-0.25, -0.2) is 4.39 Å². The summed E-state index contributed by atoms with van der Waals surface area (Å²) in [6, 6.07) is 2.18. The molecule has 1 aromatic carbocycles. The highest BCUT2D eigenvalue weighted by Gasteiger charge is 2.43. The number of fused-ring (bicyclic) bond motifs is 1. The van der Waals surface area contributed by atoms with E-state index in [1.54, 1.807) is 13.8 Å². The van der Waals surface area contributed by atoms with Gasteiger partial charge >= 0.3 is 6.18 Å². The number of primary amides is 1. The maximum absolute atomic E-state index is 15.1. The summed E-state index contributed by atoms with van der Waals surface area (Å²) in [6.07, 6.45) is -1.99. The molecule has 34 heavy (non-hydrogen) atoms. The van der Waals surface area contributed by atoms with E-state index in [1.807, 2.05) is 0 Å². The van der Waals surface area contributed by atoms with Gasteiger partial charge in [-0.2, -0.15) is 13.2 Å². The van der Waals surface area contributed by atoms with Crippen LogP contribution in [0.25, 0.3) is 5.69 Å². The molecule has 1 aromatic heterocycles. The number of rotatable bonds is 4. The topological polar surface area (TPSA) is 97.4 Å². The van der Waals surface area contributed by atoms with Crippen molar-refractivity contribution in [1.29, 1.82) is 0 Å². The average Bonchev–Trinajstić information content (AvgIpc) is 3.08. The van der Waals surface area contributed by atoms with Crippen LogP contribution in [-0.2, 0) is 12.6 Å². The molecule has 2 aromatic rings. The van der Waals surface area contributed by atoms with Crippen molar-refractivity contribution in [3.8, 4) is 5.69 Å². The lowest BCUT2D eigenvalue weighted by atomic mass is 9.75. The minimum Gasteiger partial charge on any atom is -0.393 e. The first-order chi connectivity index (χ1) is 15.8. The lowest BCUT2D eigenvalue weighted by molar-refractivity contribution is -0.137. The van der Waals surface area contributed by atoms with E-state index < -0.39 is 40.8 Å². The number of Topliss-reactive ketones (excluding diaryl/α,β-unsaturated/α-hetero) is 1. The fourth-order valence-electron chi connectivity index (χ4n) is 5.05. The predicted octanol–water partition coefficient (Wildman–Crippen LogP) is 4.60. The number of nitrogens with two attached hydrogens (primary N) is 1. The number of aliphatic hydroxyl groups is 1. The zero-order valence-electron chi connectivity index (χ0n) is 18.9. The number of amides is 1. The van der Waals surface area contributed by atoms with Crippen LogP contribution in [0.1, 0.15) is 77.9 Å². The van der Waals surface area contributed by atoms with Gasteiger partial charge in [0.15, 0.2) is 5.78 Å². The first-order valence-corrected chi connectivity index (χ1v) is 11.2. The second-order valence-electron chi connectivity index (χ2n) is 10.0. The zero-order chi connectivity index (χ0) is 25.0. The minimum atomic E-state index is -4.76. The van der Waals surface area contributed by atoms with Crippen molar-refractivity contribution in [3.63, 3.8) is 0 Å². The number of aliphatic hydroxyl groups excluding tert-OH is 1. The number of nitrogens with zero attached hydrogens (tertiary/aromatic N) is 1. The molecule has 1 heterocycles. The van der Waals surface area contributed by atoms with Crippen LogP contribution in [0, 0.1) is 11.2 Å². The Morgan fingerprint density at radius 3 is 2.41 bits per heavy atom. The molecular formula is C24H27F4N3O3. The van der Waals surface area contributed by atoms with Gasteiger partial charge in [0, 0.05) is 24.4 Å².